The molecule has 0 radical (unpaired) electrons. The highest BCUT2D eigenvalue weighted by Gasteiger charge is 2.18. The second-order valence-electron chi connectivity index (χ2n) is 5.50. The van der Waals surface area contributed by atoms with Crippen molar-refractivity contribution in [3.63, 3.8) is 0 Å². The molecule has 0 spiro atoms. The molecule has 0 unspecified atom stereocenters. The molecule has 4 nitrogen and oxygen atoms in total. The number of hydrogen-bond acceptors (Lipinski definition) is 2. The highest BCUT2D eigenvalue weighted by Crippen LogP contribution is 2.27. The lowest BCUT2D eigenvalue weighted by Crippen LogP contribution is -2.15. The summed E-state index contributed by atoms with van der Waals surface area (Å²) in [5, 5.41) is 11.6. The smallest absolute Gasteiger partial charge is 0.303 e. The van der Waals surface area contributed by atoms with E-state index in [1.165, 1.54) is 12.8 Å². The largest absolute Gasteiger partial charge is 0.481 e. The molecule has 2 rings (SSSR count). The molecule has 1 amide bonds. The Hall–Kier alpha value is -1.84. The molecule has 0 aromatic heterocycles. The molecule has 0 heterocycles. The number of anilines is 1. The number of hydrogen-bond donors (Lipinski definition) is 2. The Morgan fingerprint density at radius 2 is 2.00 bits per heavy atom. The number of carbonyl (C=O) groups excluding carboxylic acids is 1. The van der Waals surface area contributed by atoms with Gasteiger partial charge in [0.05, 0.1) is 0 Å². The van der Waals surface area contributed by atoms with Crippen molar-refractivity contribution in [3.8, 4) is 0 Å². The van der Waals surface area contributed by atoms with E-state index in [4.69, 9.17) is 5.11 Å². The molecule has 1 aromatic rings. The van der Waals surface area contributed by atoms with Gasteiger partial charge in [0, 0.05) is 18.5 Å². The van der Waals surface area contributed by atoms with Crippen LogP contribution in [-0.2, 0) is 16.0 Å². The summed E-state index contributed by atoms with van der Waals surface area (Å²) in [5.41, 5.74) is 1.70. The zero-order valence-electron chi connectivity index (χ0n) is 11.6. The number of aliphatic carboxylic acids is 1. The van der Waals surface area contributed by atoms with Gasteiger partial charge in [-0.25, -0.2) is 0 Å². The standard InChI is InChI=1S/C16H21NO3/c18-15(11-12-4-1-2-5-12)17-14-7-3-6-13(10-14)8-9-16(19)20/h3,6-7,10,12H,1-2,4-5,8-9,11H2,(H,17,18)(H,19,20). The third-order valence-electron chi connectivity index (χ3n) is 3.79. The molecule has 108 valence electrons. The highest BCUT2D eigenvalue weighted by atomic mass is 16.4. The molecule has 1 aromatic carbocycles. The van der Waals surface area contributed by atoms with Crippen molar-refractivity contribution in [1.29, 1.82) is 0 Å². The van der Waals surface area contributed by atoms with Crippen LogP contribution in [0, 0.1) is 5.92 Å². The third kappa shape index (κ3) is 4.68. The van der Waals surface area contributed by atoms with Gasteiger partial charge in [0.25, 0.3) is 0 Å². The minimum Gasteiger partial charge on any atom is -0.481 e. The average Bonchev–Trinajstić information content (AvgIpc) is 2.89. The van der Waals surface area contributed by atoms with Crippen molar-refractivity contribution < 1.29 is 14.7 Å². The summed E-state index contributed by atoms with van der Waals surface area (Å²) in [6.07, 6.45) is 5.99. The first kappa shape index (κ1) is 14.6. The Labute approximate surface area is 119 Å². The lowest BCUT2D eigenvalue weighted by atomic mass is 10.0. The van der Waals surface area contributed by atoms with Gasteiger partial charge in [-0.2, -0.15) is 0 Å². The third-order valence-corrected chi connectivity index (χ3v) is 3.79. The summed E-state index contributed by atoms with van der Waals surface area (Å²) in [6.45, 7) is 0. The molecule has 20 heavy (non-hydrogen) atoms. The van der Waals surface area contributed by atoms with Crippen molar-refractivity contribution in [3.05, 3.63) is 29.8 Å². The van der Waals surface area contributed by atoms with Gasteiger partial charge in [0.1, 0.15) is 0 Å². The van der Waals surface area contributed by atoms with Gasteiger partial charge in [-0.15, -0.1) is 0 Å². The number of amides is 1. The number of carboxylic acids is 1. The maximum atomic E-state index is 11.9. The van der Waals surface area contributed by atoms with E-state index in [-0.39, 0.29) is 12.3 Å². The maximum Gasteiger partial charge on any atom is 0.303 e. The zero-order valence-corrected chi connectivity index (χ0v) is 11.6. The van der Waals surface area contributed by atoms with Gasteiger partial charge in [0.2, 0.25) is 5.91 Å². The van der Waals surface area contributed by atoms with Crippen molar-refractivity contribution >= 4 is 17.6 Å². The Balaban J connectivity index is 1.86. The van der Waals surface area contributed by atoms with E-state index in [2.05, 4.69) is 5.32 Å². The van der Waals surface area contributed by atoms with Crippen molar-refractivity contribution in [2.75, 3.05) is 5.32 Å². The molecule has 1 saturated carbocycles. The van der Waals surface area contributed by atoms with E-state index in [0.29, 0.717) is 18.8 Å². The Kier molecular flexibility index (Phi) is 5.16. The Bertz CT molecular complexity index is 478. The van der Waals surface area contributed by atoms with Gasteiger partial charge in [-0.3, -0.25) is 9.59 Å². The number of carbonyl (C=O) groups is 2. The quantitative estimate of drug-likeness (QED) is 0.837. The first-order valence-electron chi connectivity index (χ1n) is 7.24. The first-order chi connectivity index (χ1) is 9.63. The molecule has 0 bridgehead atoms. The number of nitrogens with one attached hydrogen (secondary N) is 1. The van der Waals surface area contributed by atoms with Crippen LogP contribution in [0.15, 0.2) is 24.3 Å². The molecule has 4 heteroatoms. The summed E-state index contributed by atoms with van der Waals surface area (Å²) < 4.78 is 0. The number of aryl methyl sites for hydroxylation is 1. The summed E-state index contributed by atoms with van der Waals surface area (Å²) in [6, 6.07) is 7.43. The lowest BCUT2D eigenvalue weighted by molar-refractivity contribution is -0.137. The van der Waals surface area contributed by atoms with Gasteiger partial charge in [-0.1, -0.05) is 25.0 Å². The van der Waals surface area contributed by atoms with Crippen molar-refractivity contribution in [2.24, 2.45) is 5.92 Å². The first-order valence-corrected chi connectivity index (χ1v) is 7.24. The summed E-state index contributed by atoms with van der Waals surface area (Å²) >= 11 is 0. The molecule has 0 atom stereocenters. The van der Waals surface area contributed by atoms with Crippen LogP contribution in [0.25, 0.3) is 0 Å². The van der Waals surface area contributed by atoms with Crippen LogP contribution in [0.1, 0.15) is 44.1 Å². The summed E-state index contributed by atoms with van der Waals surface area (Å²) in [4.78, 5) is 22.5. The van der Waals surface area contributed by atoms with E-state index in [1.807, 2.05) is 24.3 Å². The van der Waals surface area contributed by atoms with E-state index in [0.717, 1.165) is 24.1 Å². The molecular formula is C16H21NO3. The molecule has 2 N–H and O–H groups in total. The fourth-order valence-corrected chi connectivity index (χ4v) is 2.74. The molecule has 1 aliphatic carbocycles. The lowest BCUT2D eigenvalue weighted by Gasteiger charge is -2.10. The van der Waals surface area contributed by atoms with Gasteiger partial charge in [-0.05, 0) is 42.9 Å². The summed E-state index contributed by atoms with van der Waals surface area (Å²) in [5.74, 6) is -0.210. The van der Waals surface area contributed by atoms with Gasteiger partial charge < -0.3 is 10.4 Å². The van der Waals surface area contributed by atoms with Crippen LogP contribution in [0.5, 0.6) is 0 Å². The maximum absolute atomic E-state index is 11.9. The minimum absolute atomic E-state index is 0.0623. The average molecular weight is 275 g/mol. The molecule has 1 fully saturated rings. The van der Waals surface area contributed by atoms with Crippen molar-refractivity contribution in [2.45, 2.75) is 44.9 Å². The fourth-order valence-electron chi connectivity index (χ4n) is 2.74. The Morgan fingerprint density at radius 3 is 2.70 bits per heavy atom. The second-order valence-corrected chi connectivity index (χ2v) is 5.50. The van der Waals surface area contributed by atoms with Crippen LogP contribution in [0.4, 0.5) is 5.69 Å². The Morgan fingerprint density at radius 1 is 1.25 bits per heavy atom. The second kappa shape index (κ2) is 7.08. The molecular weight excluding hydrogens is 254 g/mol. The summed E-state index contributed by atoms with van der Waals surface area (Å²) in [7, 11) is 0. The van der Waals surface area contributed by atoms with E-state index in [1.54, 1.807) is 0 Å². The number of benzene rings is 1. The fraction of sp³-hybridized carbons (Fsp3) is 0.500. The SMILES string of the molecule is O=C(O)CCc1cccc(NC(=O)CC2CCCC2)c1. The monoisotopic (exact) mass is 275 g/mol. The molecule has 1 aliphatic rings. The zero-order chi connectivity index (χ0) is 14.4. The van der Waals surface area contributed by atoms with Gasteiger partial charge >= 0.3 is 5.97 Å². The highest BCUT2D eigenvalue weighted by molar-refractivity contribution is 5.90. The van der Waals surface area contributed by atoms with Crippen molar-refractivity contribution in [1.82, 2.24) is 0 Å². The van der Waals surface area contributed by atoms with Crippen LogP contribution >= 0.6 is 0 Å². The van der Waals surface area contributed by atoms with Crippen LogP contribution in [0.2, 0.25) is 0 Å². The van der Waals surface area contributed by atoms with E-state index >= 15 is 0 Å². The number of carboxylic acid groups (broad SMARTS) is 1. The normalized spacial score (nSPS) is 15.2. The van der Waals surface area contributed by atoms with Crippen LogP contribution < -0.4 is 5.32 Å². The van der Waals surface area contributed by atoms with E-state index in [9.17, 15) is 9.59 Å². The molecule has 0 saturated heterocycles. The van der Waals surface area contributed by atoms with Gasteiger partial charge in [0.15, 0.2) is 0 Å². The van der Waals surface area contributed by atoms with Crippen LogP contribution in [-0.4, -0.2) is 17.0 Å². The van der Waals surface area contributed by atoms with Crippen LogP contribution in [0.3, 0.4) is 0 Å². The predicted molar refractivity (Wildman–Crippen MR) is 77.6 cm³/mol. The van der Waals surface area contributed by atoms with E-state index < -0.39 is 5.97 Å². The predicted octanol–water partition coefficient (Wildman–Crippen LogP) is 3.22. The molecule has 0 aliphatic heterocycles. The minimum atomic E-state index is -0.805. The number of rotatable bonds is 6. The topological polar surface area (TPSA) is 66.4 Å².